The van der Waals surface area contributed by atoms with Crippen molar-refractivity contribution >= 4 is 22.8 Å². The van der Waals surface area contributed by atoms with E-state index in [4.69, 9.17) is 4.42 Å². The largest absolute Gasteiger partial charge is 0.480 e. The number of amides is 1. The molecule has 2 aromatic heterocycles. The maximum Gasteiger partial charge on any atom is 0.326 e. The molecule has 0 aliphatic rings. The van der Waals surface area contributed by atoms with Crippen LogP contribution in [-0.4, -0.2) is 28.0 Å². The van der Waals surface area contributed by atoms with Crippen LogP contribution in [0.25, 0.3) is 10.9 Å². The minimum absolute atomic E-state index is 0.0620. The molecular weight excluding hydrogens is 315 g/mol. The number of carboxylic acid groups (broad SMARTS) is 1. The van der Waals surface area contributed by atoms with Crippen molar-refractivity contribution in [1.82, 2.24) is 10.3 Å². The van der Waals surface area contributed by atoms with Gasteiger partial charge < -0.3 is 19.8 Å². The lowest BCUT2D eigenvalue weighted by atomic mass is 10.0. The fourth-order valence-electron chi connectivity index (χ4n) is 2.58. The molecule has 0 aliphatic heterocycles. The van der Waals surface area contributed by atoms with Crippen molar-refractivity contribution in [2.75, 3.05) is 0 Å². The van der Waals surface area contributed by atoms with Crippen molar-refractivity contribution in [2.24, 2.45) is 0 Å². The number of H-pyrrole nitrogens is 1. The zero-order valence-electron chi connectivity index (χ0n) is 12.8. The van der Waals surface area contributed by atoms with Crippen LogP contribution in [0.1, 0.15) is 21.7 Å². The summed E-state index contributed by atoms with van der Waals surface area (Å²) in [6.45, 7) is 1.70. The molecule has 0 bridgehead atoms. The van der Waals surface area contributed by atoms with E-state index < -0.39 is 17.9 Å². The normalized spacial score (nSPS) is 12.2. The number of fused-ring (bicyclic) bond motifs is 1. The van der Waals surface area contributed by atoms with Gasteiger partial charge in [-0.15, -0.1) is 0 Å². The fourth-order valence-corrected chi connectivity index (χ4v) is 2.58. The van der Waals surface area contributed by atoms with E-state index in [1.807, 2.05) is 0 Å². The van der Waals surface area contributed by atoms with E-state index in [1.165, 1.54) is 18.4 Å². The van der Waals surface area contributed by atoms with E-state index in [0.717, 1.165) is 0 Å². The van der Waals surface area contributed by atoms with Gasteiger partial charge >= 0.3 is 5.97 Å². The average Bonchev–Trinajstić information content (AvgIpc) is 3.12. The molecule has 3 N–H and O–H groups in total. The monoisotopic (exact) mass is 330 g/mol. The van der Waals surface area contributed by atoms with Crippen LogP contribution in [0.2, 0.25) is 0 Å². The molecule has 0 spiro atoms. The molecule has 1 atom stereocenters. The number of aryl methyl sites for hydroxylation is 1. The van der Waals surface area contributed by atoms with Crippen LogP contribution in [0.3, 0.4) is 0 Å². The third kappa shape index (κ3) is 3.01. The van der Waals surface area contributed by atoms with E-state index in [9.17, 15) is 19.1 Å². The number of hydrogen-bond donors (Lipinski definition) is 3. The molecule has 0 saturated carbocycles. The summed E-state index contributed by atoms with van der Waals surface area (Å²) in [5.74, 6) is -2.05. The van der Waals surface area contributed by atoms with Gasteiger partial charge in [-0.1, -0.05) is 0 Å². The van der Waals surface area contributed by atoms with E-state index in [0.29, 0.717) is 22.0 Å². The number of furan rings is 1. The lowest BCUT2D eigenvalue weighted by Gasteiger charge is -2.13. The maximum absolute atomic E-state index is 13.2. The highest BCUT2D eigenvalue weighted by Crippen LogP contribution is 2.21. The SMILES string of the molecule is Cc1ccoc1C(=O)N[C@@H](Cc1c[nH]c2cc(F)ccc12)C(=O)O. The lowest BCUT2D eigenvalue weighted by Crippen LogP contribution is -2.42. The van der Waals surface area contributed by atoms with E-state index >= 15 is 0 Å². The third-order valence-corrected chi connectivity index (χ3v) is 3.83. The minimum Gasteiger partial charge on any atom is -0.480 e. The highest BCUT2D eigenvalue weighted by Gasteiger charge is 2.24. The summed E-state index contributed by atoms with van der Waals surface area (Å²) in [7, 11) is 0. The number of carbonyl (C=O) groups excluding carboxylic acids is 1. The summed E-state index contributed by atoms with van der Waals surface area (Å²) < 4.78 is 18.3. The van der Waals surface area contributed by atoms with Crippen molar-refractivity contribution in [3.05, 3.63) is 59.4 Å². The summed E-state index contributed by atoms with van der Waals surface area (Å²) in [6, 6.07) is 4.71. The number of nitrogens with one attached hydrogen (secondary N) is 2. The minimum atomic E-state index is -1.16. The van der Waals surface area contributed by atoms with Gasteiger partial charge in [0.2, 0.25) is 0 Å². The first kappa shape index (κ1) is 15.8. The van der Waals surface area contributed by atoms with Crippen LogP contribution in [0, 0.1) is 12.7 Å². The highest BCUT2D eigenvalue weighted by molar-refractivity contribution is 5.95. The molecule has 0 saturated heterocycles. The number of carboxylic acids is 1. The molecule has 0 unspecified atom stereocenters. The Labute approximate surface area is 136 Å². The Morgan fingerprint density at radius 3 is 2.83 bits per heavy atom. The van der Waals surface area contributed by atoms with Crippen LogP contribution in [-0.2, 0) is 11.2 Å². The quantitative estimate of drug-likeness (QED) is 0.670. The summed E-state index contributed by atoms with van der Waals surface area (Å²) in [6.07, 6.45) is 3.05. The molecule has 24 heavy (non-hydrogen) atoms. The van der Waals surface area contributed by atoms with E-state index in [-0.39, 0.29) is 18.0 Å². The Hall–Kier alpha value is -3.09. The molecule has 6 nitrogen and oxygen atoms in total. The summed E-state index contributed by atoms with van der Waals surface area (Å²) in [5, 5.41) is 12.6. The molecule has 124 valence electrons. The molecule has 3 rings (SSSR count). The summed E-state index contributed by atoms with van der Waals surface area (Å²) in [5.41, 5.74) is 1.87. The Morgan fingerprint density at radius 1 is 1.38 bits per heavy atom. The van der Waals surface area contributed by atoms with E-state index in [1.54, 1.807) is 25.3 Å². The van der Waals surface area contributed by atoms with Gasteiger partial charge in [-0.25, -0.2) is 9.18 Å². The molecule has 3 aromatic rings. The predicted molar refractivity (Wildman–Crippen MR) is 84.3 cm³/mol. The van der Waals surface area contributed by atoms with Crippen LogP contribution in [0.15, 0.2) is 41.1 Å². The van der Waals surface area contributed by atoms with Gasteiger partial charge in [-0.2, -0.15) is 0 Å². The van der Waals surface area contributed by atoms with Gasteiger partial charge in [0.25, 0.3) is 5.91 Å². The number of rotatable bonds is 5. The maximum atomic E-state index is 13.2. The smallest absolute Gasteiger partial charge is 0.326 e. The zero-order valence-corrected chi connectivity index (χ0v) is 12.8. The highest BCUT2D eigenvalue weighted by atomic mass is 19.1. The van der Waals surface area contributed by atoms with Crippen molar-refractivity contribution in [3.8, 4) is 0 Å². The van der Waals surface area contributed by atoms with Crippen LogP contribution in [0.4, 0.5) is 4.39 Å². The Bertz CT molecular complexity index is 912. The molecule has 7 heteroatoms. The van der Waals surface area contributed by atoms with Crippen LogP contribution in [0.5, 0.6) is 0 Å². The van der Waals surface area contributed by atoms with Crippen LogP contribution < -0.4 is 5.32 Å². The van der Waals surface area contributed by atoms with Gasteiger partial charge in [0.05, 0.1) is 6.26 Å². The first-order valence-corrected chi connectivity index (χ1v) is 7.29. The second kappa shape index (κ2) is 6.19. The molecule has 0 fully saturated rings. The van der Waals surface area contributed by atoms with Crippen molar-refractivity contribution in [1.29, 1.82) is 0 Å². The lowest BCUT2D eigenvalue weighted by molar-refractivity contribution is -0.139. The number of carbonyl (C=O) groups is 2. The van der Waals surface area contributed by atoms with Crippen molar-refractivity contribution in [2.45, 2.75) is 19.4 Å². The van der Waals surface area contributed by atoms with Gasteiger partial charge in [-0.05, 0) is 36.8 Å². The number of aliphatic carboxylic acids is 1. The summed E-state index contributed by atoms with van der Waals surface area (Å²) >= 11 is 0. The molecule has 0 aliphatic carbocycles. The van der Waals surface area contributed by atoms with Crippen LogP contribution >= 0.6 is 0 Å². The van der Waals surface area contributed by atoms with Crippen molar-refractivity contribution < 1.29 is 23.5 Å². The molecule has 1 amide bonds. The van der Waals surface area contributed by atoms with Gasteiger partial charge in [0.15, 0.2) is 5.76 Å². The first-order valence-electron chi connectivity index (χ1n) is 7.29. The molecular formula is C17H15FN2O4. The number of aromatic nitrogens is 1. The third-order valence-electron chi connectivity index (χ3n) is 3.83. The number of hydrogen-bond acceptors (Lipinski definition) is 3. The zero-order chi connectivity index (χ0) is 17.3. The average molecular weight is 330 g/mol. The van der Waals surface area contributed by atoms with Gasteiger partial charge in [-0.3, -0.25) is 4.79 Å². The van der Waals surface area contributed by atoms with Gasteiger partial charge in [0, 0.05) is 29.1 Å². The van der Waals surface area contributed by atoms with Crippen molar-refractivity contribution in [3.63, 3.8) is 0 Å². The predicted octanol–water partition coefficient (Wildman–Crippen LogP) is 2.63. The standard InChI is InChI=1S/C17H15FN2O4/c1-9-4-5-24-15(9)16(21)20-14(17(22)23)6-10-8-19-13-7-11(18)2-3-12(10)13/h2-5,7-8,14,19H,6H2,1H3,(H,20,21)(H,22,23)/t14-/m0/s1. The Balaban J connectivity index is 1.82. The Morgan fingerprint density at radius 2 is 2.17 bits per heavy atom. The fraction of sp³-hybridized carbons (Fsp3) is 0.176. The molecule has 0 radical (unpaired) electrons. The topological polar surface area (TPSA) is 95.3 Å². The second-order valence-corrected chi connectivity index (χ2v) is 5.50. The number of aromatic amines is 1. The Kier molecular flexibility index (Phi) is 4.07. The summed E-state index contributed by atoms with van der Waals surface area (Å²) in [4.78, 5) is 26.5. The van der Waals surface area contributed by atoms with E-state index in [2.05, 4.69) is 10.3 Å². The van der Waals surface area contributed by atoms with Gasteiger partial charge in [0.1, 0.15) is 11.9 Å². The first-order chi connectivity index (χ1) is 11.5. The molecule has 1 aromatic carbocycles. The second-order valence-electron chi connectivity index (χ2n) is 5.50. The number of benzene rings is 1. The molecule has 2 heterocycles. The number of halogens is 1.